The highest BCUT2D eigenvalue weighted by Gasteiger charge is 2.41. The van der Waals surface area contributed by atoms with Gasteiger partial charge in [0.05, 0.1) is 10.6 Å². The predicted molar refractivity (Wildman–Crippen MR) is 82.5 cm³/mol. The number of aryl methyl sites for hydroxylation is 1. The van der Waals surface area contributed by atoms with Crippen LogP contribution in [-0.2, 0) is 9.47 Å². The van der Waals surface area contributed by atoms with Crippen LogP contribution in [0.5, 0.6) is 0 Å². The summed E-state index contributed by atoms with van der Waals surface area (Å²) in [6, 6.07) is 0.0322. The molecule has 3 nitrogen and oxygen atoms in total. The van der Waals surface area contributed by atoms with Crippen LogP contribution in [0.2, 0.25) is 5.02 Å². The number of halogens is 1. The first-order valence-electron chi connectivity index (χ1n) is 7.32. The van der Waals surface area contributed by atoms with Crippen molar-refractivity contribution in [3.8, 4) is 0 Å². The number of nitrogens with two attached hydrogens (primary N) is 1. The fraction of sp³-hybridized carbons (Fsp3) is 0.733. The van der Waals surface area contributed by atoms with Gasteiger partial charge in [-0.25, -0.2) is 0 Å². The zero-order valence-electron chi connectivity index (χ0n) is 11.9. The first-order chi connectivity index (χ1) is 9.61. The summed E-state index contributed by atoms with van der Waals surface area (Å²) in [6.45, 7) is 4.46. The molecule has 2 fully saturated rings. The first-order valence-corrected chi connectivity index (χ1v) is 8.58. The lowest BCUT2D eigenvalue weighted by Gasteiger charge is -2.44. The van der Waals surface area contributed by atoms with Gasteiger partial charge in [0, 0.05) is 30.7 Å². The Morgan fingerprint density at radius 2 is 2.15 bits per heavy atom. The average molecular weight is 316 g/mol. The zero-order chi connectivity index (χ0) is 14.2. The van der Waals surface area contributed by atoms with Crippen molar-refractivity contribution in [2.75, 3.05) is 19.8 Å². The SMILES string of the molecule is Cc1csc(C(N)C2CCOC3(CCOCC3)C2)c1Cl. The highest BCUT2D eigenvalue weighted by Crippen LogP contribution is 2.43. The van der Waals surface area contributed by atoms with E-state index in [0.717, 1.165) is 61.0 Å². The Morgan fingerprint density at radius 1 is 1.40 bits per heavy atom. The molecule has 0 amide bonds. The third kappa shape index (κ3) is 2.77. The summed E-state index contributed by atoms with van der Waals surface area (Å²) >= 11 is 8.07. The second-order valence-corrected chi connectivity index (χ2v) is 7.31. The minimum Gasteiger partial charge on any atom is -0.381 e. The Hall–Kier alpha value is -0.130. The average Bonchev–Trinajstić information content (AvgIpc) is 2.79. The Bertz CT molecular complexity index is 465. The number of ether oxygens (including phenoxy) is 2. The number of hydrogen-bond donors (Lipinski definition) is 1. The lowest BCUT2D eigenvalue weighted by atomic mass is 9.77. The van der Waals surface area contributed by atoms with E-state index in [2.05, 4.69) is 5.38 Å². The summed E-state index contributed by atoms with van der Waals surface area (Å²) < 4.78 is 11.6. The Kier molecular flexibility index (Phi) is 4.39. The number of rotatable bonds is 2. The third-order valence-corrected chi connectivity index (χ3v) is 6.49. The maximum Gasteiger partial charge on any atom is 0.0729 e. The topological polar surface area (TPSA) is 44.5 Å². The van der Waals surface area contributed by atoms with Gasteiger partial charge >= 0.3 is 0 Å². The van der Waals surface area contributed by atoms with E-state index >= 15 is 0 Å². The smallest absolute Gasteiger partial charge is 0.0729 e. The van der Waals surface area contributed by atoms with Gasteiger partial charge in [0.2, 0.25) is 0 Å². The lowest BCUT2D eigenvalue weighted by molar-refractivity contribution is -0.149. The minimum absolute atomic E-state index is 0.00241. The van der Waals surface area contributed by atoms with E-state index in [9.17, 15) is 0 Å². The molecule has 3 heterocycles. The molecule has 1 aromatic heterocycles. The van der Waals surface area contributed by atoms with Gasteiger partial charge < -0.3 is 15.2 Å². The van der Waals surface area contributed by atoms with Crippen LogP contribution in [0.1, 0.15) is 42.2 Å². The molecule has 2 unspecified atom stereocenters. The molecule has 0 aromatic carbocycles. The van der Waals surface area contributed by atoms with Crippen LogP contribution in [0.15, 0.2) is 5.38 Å². The molecule has 1 spiro atoms. The van der Waals surface area contributed by atoms with Crippen molar-refractivity contribution >= 4 is 22.9 Å². The quantitative estimate of drug-likeness (QED) is 0.905. The molecule has 2 atom stereocenters. The van der Waals surface area contributed by atoms with E-state index in [-0.39, 0.29) is 11.6 Å². The zero-order valence-corrected chi connectivity index (χ0v) is 13.4. The van der Waals surface area contributed by atoms with Gasteiger partial charge in [0.15, 0.2) is 0 Å². The number of hydrogen-bond acceptors (Lipinski definition) is 4. The summed E-state index contributed by atoms with van der Waals surface area (Å²) in [7, 11) is 0. The van der Waals surface area contributed by atoms with Gasteiger partial charge in [0.25, 0.3) is 0 Å². The molecule has 2 aliphatic rings. The van der Waals surface area contributed by atoms with Crippen molar-refractivity contribution in [1.82, 2.24) is 0 Å². The van der Waals surface area contributed by atoms with Crippen LogP contribution < -0.4 is 5.73 Å². The van der Waals surface area contributed by atoms with E-state index < -0.39 is 0 Å². The summed E-state index contributed by atoms with van der Waals surface area (Å²) in [6.07, 6.45) is 4.04. The van der Waals surface area contributed by atoms with Crippen molar-refractivity contribution in [2.45, 2.75) is 44.2 Å². The molecule has 0 radical (unpaired) electrons. The van der Waals surface area contributed by atoms with Gasteiger partial charge in [0.1, 0.15) is 0 Å². The molecule has 20 heavy (non-hydrogen) atoms. The van der Waals surface area contributed by atoms with Crippen molar-refractivity contribution < 1.29 is 9.47 Å². The molecule has 1 aromatic rings. The maximum absolute atomic E-state index is 6.51. The molecule has 3 rings (SSSR count). The van der Waals surface area contributed by atoms with E-state index in [1.54, 1.807) is 11.3 Å². The third-order valence-electron chi connectivity index (χ3n) is 4.67. The largest absolute Gasteiger partial charge is 0.381 e. The Labute approximate surface area is 129 Å². The number of thiophene rings is 1. The van der Waals surface area contributed by atoms with E-state index in [0.29, 0.717) is 5.92 Å². The maximum atomic E-state index is 6.51. The van der Waals surface area contributed by atoms with Gasteiger partial charge in [-0.3, -0.25) is 0 Å². The summed E-state index contributed by atoms with van der Waals surface area (Å²) in [5, 5.41) is 2.95. The van der Waals surface area contributed by atoms with Crippen LogP contribution in [-0.4, -0.2) is 25.4 Å². The Balaban J connectivity index is 1.74. The van der Waals surface area contributed by atoms with Crippen LogP contribution in [0.25, 0.3) is 0 Å². The molecule has 5 heteroatoms. The van der Waals surface area contributed by atoms with E-state index in [1.165, 1.54) is 0 Å². The van der Waals surface area contributed by atoms with E-state index in [1.807, 2.05) is 6.92 Å². The summed E-state index contributed by atoms with van der Waals surface area (Å²) in [5.41, 5.74) is 7.64. The lowest BCUT2D eigenvalue weighted by Crippen LogP contribution is -2.46. The molecule has 2 saturated heterocycles. The fourth-order valence-electron chi connectivity index (χ4n) is 3.35. The second-order valence-electron chi connectivity index (χ2n) is 6.02. The predicted octanol–water partition coefficient (Wildman–Crippen LogP) is 3.69. The minimum atomic E-state index is -0.00241. The molecule has 2 N–H and O–H groups in total. The van der Waals surface area contributed by atoms with Crippen LogP contribution in [0, 0.1) is 12.8 Å². The molecule has 0 aliphatic carbocycles. The molecule has 2 aliphatic heterocycles. The van der Waals surface area contributed by atoms with Crippen molar-refractivity contribution in [2.24, 2.45) is 11.7 Å². The summed E-state index contributed by atoms with van der Waals surface area (Å²) in [5.74, 6) is 0.456. The van der Waals surface area contributed by atoms with Gasteiger partial charge in [-0.15, -0.1) is 11.3 Å². The van der Waals surface area contributed by atoms with Crippen molar-refractivity contribution in [1.29, 1.82) is 0 Å². The molecular weight excluding hydrogens is 294 g/mol. The second kappa shape index (κ2) is 5.93. The Morgan fingerprint density at radius 3 is 2.80 bits per heavy atom. The highest BCUT2D eigenvalue weighted by atomic mass is 35.5. The molecular formula is C15H22ClNO2S. The van der Waals surface area contributed by atoms with Crippen LogP contribution >= 0.6 is 22.9 Å². The first kappa shape index (κ1) is 14.8. The standard InChI is InChI=1S/C15H22ClNO2S/c1-10-9-20-14(12(10)16)13(17)11-2-5-19-15(8-11)3-6-18-7-4-15/h9,11,13H,2-8,17H2,1H3. The van der Waals surface area contributed by atoms with Crippen molar-refractivity contribution in [3.63, 3.8) is 0 Å². The molecule has 0 saturated carbocycles. The van der Waals surface area contributed by atoms with E-state index in [4.69, 9.17) is 26.8 Å². The van der Waals surface area contributed by atoms with Crippen LogP contribution in [0.4, 0.5) is 0 Å². The van der Waals surface area contributed by atoms with Gasteiger partial charge in [-0.1, -0.05) is 11.6 Å². The molecule has 0 bridgehead atoms. The van der Waals surface area contributed by atoms with Gasteiger partial charge in [-0.05, 0) is 49.5 Å². The summed E-state index contributed by atoms with van der Waals surface area (Å²) in [4.78, 5) is 1.14. The fourth-order valence-corrected chi connectivity index (χ4v) is 4.77. The van der Waals surface area contributed by atoms with Crippen LogP contribution in [0.3, 0.4) is 0 Å². The van der Waals surface area contributed by atoms with Crippen molar-refractivity contribution in [3.05, 3.63) is 20.8 Å². The monoisotopic (exact) mass is 315 g/mol. The normalized spacial score (nSPS) is 27.6. The highest BCUT2D eigenvalue weighted by molar-refractivity contribution is 7.10. The molecule has 112 valence electrons. The van der Waals surface area contributed by atoms with Gasteiger partial charge in [-0.2, -0.15) is 0 Å².